The van der Waals surface area contributed by atoms with Crippen molar-refractivity contribution in [2.24, 2.45) is 7.05 Å². The minimum atomic E-state index is 0.418. The summed E-state index contributed by atoms with van der Waals surface area (Å²) in [6.45, 7) is 2.02. The van der Waals surface area contributed by atoms with Crippen molar-refractivity contribution in [2.45, 2.75) is 6.92 Å². The number of anilines is 2. The van der Waals surface area contributed by atoms with Crippen molar-refractivity contribution < 1.29 is 4.42 Å². The first-order chi connectivity index (χ1) is 8.22. The van der Waals surface area contributed by atoms with Crippen molar-refractivity contribution in [3.63, 3.8) is 0 Å². The molecule has 0 unspecified atom stereocenters. The molecular weight excluding hydrogens is 218 g/mol. The maximum atomic E-state index is 5.55. The quantitative estimate of drug-likeness (QED) is 0.728. The number of nitrogens with one attached hydrogen (secondary N) is 1. The van der Waals surface area contributed by atoms with Gasteiger partial charge in [-0.25, -0.2) is 0 Å². The summed E-state index contributed by atoms with van der Waals surface area (Å²) in [7, 11) is 1.84. The van der Waals surface area contributed by atoms with E-state index in [9.17, 15) is 0 Å². The van der Waals surface area contributed by atoms with E-state index >= 15 is 0 Å². The summed E-state index contributed by atoms with van der Waals surface area (Å²) in [4.78, 5) is 4.33. The average molecular weight is 229 g/mol. The van der Waals surface area contributed by atoms with Gasteiger partial charge in [0.05, 0.1) is 0 Å². The Labute approximate surface area is 97.3 Å². The molecule has 6 heteroatoms. The minimum Gasteiger partial charge on any atom is -0.423 e. The first-order valence-corrected chi connectivity index (χ1v) is 5.20. The van der Waals surface area contributed by atoms with Crippen molar-refractivity contribution >= 4 is 23.1 Å². The third-order valence-corrected chi connectivity index (χ3v) is 2.47. The number of aromatic nitrogens is 4. The van der Waals surface area contributed by atoms with Gasteiger partial charge in [0.15, 0.2) is 5.58 Å². The molecule has 17 heavy (non-hydrogen) atoms. The molecule has 0 saturated heterocycles. The van der Waals surface area contributed by atoms with Gasteiger partial charge in [0.2, 0.25) is 5.95 Å². The molecule has 2 heterocycles. The van der Waals surface area contributed by atoms with E-state index in [1.165, 1.54) is 0 Å². The Morgan fingerprint density at radius 3 is 3.00 bits per heavy atom. The lowest BCUT2D eigenvalue weighted by Gasteiger charge is -1.97. The van der Waals surface area contributed by atoms with Crippen LogP contribution < -0.4 is 5.32 Å². The molecule has 0 aliphatic heterocycles. The molecule has 86 valence electrons. The van der Waals surface area contributed by atoms with E-state index in [2.05, 4.69) is 20.5 Å². The lowest BCUT2D eigenvalue weighted by molar-refractivity contribution is 0.620. The zero-order chi connectivity index (χ0) is 11.8. The number of fused-ring (bicyclic) bond motifs is 1. The first-order valence-electron chi connectivity index (χ1n) is 5.20. The Balaban J connectivity index is 1.99. The van der Waals surface area contributed by atoms with E-state index in [1.54, 1.807) is 10.9 Å². The highest BCUT2D eigenvalue weighted by molar-refractivity contribution is 5.75. The van der Waals surface area contributed by atoms with Crippen LogP contribution in [-0.2, 0) is 7.05 Å². The zero-order valence-corrected chi connectivity index (χ0v) is 9.51. The van der Waals surface area contributed by atoms with Crippen LogP contribution >= 0.6 is 0 Å². The Kier molecular flexibility index (Phi) is 2.07. The molecule has 0 bridgehead atoms. The maximum Gasteiger partial charge on any atom is 0.302 e. The van der Waals surface area contributed by atoms with Crippen LogP contribution in [0.5, 0.6) is 0 Å². The molecule has 0 aliphatic rings. The monoisotopic (exact) mass is 229 g/mol. The van der Waals surface area contributed by atoms with Crippen LogP contribution in [0.25, 0.3) is 11.1 Å². The molecule has 1 aromatic carbocycles. The van der Waals surface area contributed by atoms with Gasteiger partial charge in [-0.15, -0.1) is 10.2 Å². The highest BCUT2D eigenvalue weighted by Crippen LogP contribution is 2.21. The predicted molar refractivity (Wildman–Crippen MR) is 63.0 cm³/mol. The summed E-state index contributed by atoms with van der Waals surface area (Å²) in [5.74, 6) is 0.591. The number of nitrogens with zero attached hydrogens (tertiary/aromatic N) is 4. The van der Waals surface area contributed by atoms with Crippen LogP contribution in [0.2, 0.25) is 0 Å². The second-order valence-corrected chi connectivity index (χ2v) is 3.88. The largest absolute Gasteiger partial charge is 0.423 e. The van der Waals surface area contributed by atoms with Crippen molar-refractivity contribution in [2.75, 3.05) is 5.32 Å². The van der Waals surface area contributed by atoms with E-state index in [0.29, 0.717) is 12.0 Å². The van der Waals surface area contributed by atoms with Gasteiger partial charge in [-0.2, -0.15) is 4.98 Å². The van der Waals surface area contributed by atoms with Crippen molar-refractivity contribution in [1.29, 1.82) is 0 Å². The predicted octanol–water partition coefficient (Wildman–Crippen LogP) is 2.01. The van der Waals surface area contributed by atoms with Gasteiger partial charge in [-0.05, 0) is 24.6 Å². The minimum absolute atomic E-state index is 0.418. The average Bonchev–Trinajstić information content (AvgIpc) is 2.85. The van der Waals surface area contributed by atoms with Gasteiger partial charge >= 0.3 is 6.01 Å². The van der Waals surface area contributed by atoms with Gasteiger partial charge in [0.25, 0.3) is 0 Å². The SMILES string of the molecule is Cc1ccc2oc(Nc3nncn3C)nc2c1. The molecule has 0 amide bonds. The summed E-state index contributed by atoms with van der Waals surface area (Å²) in [6, 6.07) is 6.28. The first kappa shape index (κ1) is 9.83. The molecule has 3 aromatic rings. The second-order valence-electron chi connectivity index (χ2n) is 3.88. The molecule has 0 fully saturated rings. The fraction of sp³-hybridized carbons (Fsp3) is 0.182. The van der Waals surface area contributed by atoms with E-state index in [0.717, 1.165) is 16.7 Å². The van der Waals surface area contributed by atoms with Crippen LogP contribution in [0.3, 0.4) is 0 Å². The molecule has 0 atom stereocenters. The highest BCUT2D eigenvalue weighted by atomic mass is 16.4. The number of oxazole rings is 1. The van der Waals surface area contributed by atoms with Gasteiger partial charge < -0.3 is 8.98 Å². The van der Waals surface area contributed by atoms with Gasteiger partial charge in [0.1, 0.15) is 11.8 Å². The van der Waals surface area contributed by atoms with E-state index in [1.807, 2.05) is 32.2 Å². The Hall–Kier alpha value is -2.37. The lowest BCUT2D eigenvalue weighted by Crippen LogP contribution is -1.98. The molecule has 0 radical (unpaired) electrons. The third kappa shape index (κ3) is 1.73. The zero-order valence-electron chi connectivity index (χ0n) is 9.51. The fourth-order valence-electron chi connectivity index (χ4n) is 1.58. The molecule has 2 aromatic heterocycles. The van der Waals surface area contributed by atoms with Crippen LogP contribution in [0.4, 0.5) is 12.0 Å². The molecule has 3 rings (SSSR count). The van der Waals surface area contributed by atoms with Gasteiger partial charge in [0, 0.05) is 7.05 Å². The molecule has 0 spiro atoms. The van der Waals surface area contributed by atoms with Gasteiger partial charge in [-0.3, -0.25) is 5.32 Å². The van der Waals surface area contributed by atoms with Crippen molar-refractivity contribution in [1.82, 2.24) is 19.7 Å². The summed E-state index contributed by atoms with van der Waals surface area (Å²) >= 11 is 0. The van der Waals surface area contributed by atoms with Crippen LogP contribution in [-0.4, -0.2) is 19.7 Å². The highest BCUT2D eigenvalue weighted by Gasteiger charge is 2.08. The topological polar surface area (TPSA) is 68.8 Å². The number of aryl methyl sites for hydroxylation is 2. The lowest BCUT2D eigenvalue weighted by atomic mass is 10.2. The van der Waals surface area contributed by atoms with E-state index in [-0.39, 0.29) is 0 Å². The molecule has 6 nitrogen and oxygen atoms in total. The van der Waals surface area contributed by atoms with Crippen LogP contribution in [0.1, 0.15) is 5.56 Å². The van der Waals surface area contributed by atoms with Gasteiger partial charge in [-0.1, -0.05) is 6.07 Å². The normalized spacial score (nSPS) is 10.9. The standard InChI is InChI=1S/C11H11N5O/c1-7-3-4-9-8(5-7)13-11(17-9)14-10-15-12-6-16(10)2/h3-6H,1-2H3,(H,13,14,15). The molecular formula is C11H11N5O. The van der Waals surface area contributed by atoms with Crippen molar-refractivity contribution in [3.05, 3.63) is 30.1 Å². The second kappa shape index (κ2) is 3.58. The maximum absolute atomic E-state index is 5.55. The number of hydrogen-bond donors (Lipinski definition) is 1. The summed E-state index contributed by atoms with van der Waals surface area (Å²) in [5.41, 5.74) is 2.73. The Morgan fingerprint density at radius 2 is 2.24 bits per heavy atom. The molecule has 0 aliphatic carbocycles. The summed E-state index contributed by atoms with van der Waals surface area (Å²) in [6.07, 6.45) is 1.61. The van der Waals surface area contributed by atoms with Crippen LogP contribution in [0.15, 0.2) is 28.9 Å². The Morgan fingerprint density at radius 1 is 1.35 bits per heavy atom. The third-order valence-electron chi connectivity index (χ3n) is 2.47. The molecule has 0 saturated carbocycles. The van der Waals surface area contributed by atoms with Crippen LogP contribution in [0, 0.1) is 6.92 Å². The fourth-order valence-corrected chi connectivity index (χ4v) is 1.58. The summed E-state index contributed by atoms with van der Waals surface area (Å²) < 4.78 is 7.30. The van der Waals surface area contributed by atoms with E-state index < -0.39 is 0 Å². The number of benzene rings is 1. The number of rotatable bonds is 2. The van der Waals surface area contributed by atoms with E-state index in [4.69, 9.17) is 4.42 Å². The Bertz CT molecular complexity index is 669. The number of hydrogen-bond acceptors (Lipinski definition) is 5. The van der Waals surface area contributed by atoms with Crippen molar-refractivity contribution in [3.8, 4) is 0 Å². The summed E-state index contributed by atoms with van der Waals surface area (Å²) in [5, 5.41) is 10.6. The molecule has 1 N–H and O–H groups in total. The smallest absolute Gasteiger partial charge is 0.302 e.